The van der Waals surface area contributed by atoms with Crippen LogP contribution in [0.2, 0.25) is 0 Å². The van der Waals surface area contributed by atoms with E-state index in [2.05, 4.69) is 15.3 Å². The molecule has 1 saturated heterocycles. The van der Waals surface area contributed by atoms with Crippen LogP contribution in [0.3, 0.4) is 0 Å². The van der Waals surface area contributed by atoms with E-state index >= 15 is 0 Å². The zero-order valence-electron chi connectivity index (χ0n) is 16.4. The molecule has 0 radical (unpaired) electrons. The van der Waals surface area contributed by atoms with Gasteiger partial charge in [0.05, 0.1) is 11.6 Å². The molecule has 166 valence electrons. The van der Waals surface area contributed by atoms with Crippen molar-refractivity contribution in [3.63, 3.8) is 0 Å². The molecule has 1 aliphatic rings. The van der Waals surface area contributed by atoms with Gasteiger partial charge in [-0.2, -0.15) is 5.26 Å². The highest BCUT2D eigenvalue weighted by Gasteiger charge is 2.39. The van der Waals surface area contributed by atoms with E-state index in [0.29, 0.717) is 37.3 Å². The Morgan fingerprint density at radius 1 is 1.32 bits per heavy atom. The third kappa shape index (κ3) is 5.25. The molecule has 0 spiro atoms. The Bertz CT molecular complexity index is 938. The molecule has 1 aromatic heterocycles. The fourth-order valence-electron chi connectivity index (χ4n) is 3.53. The van der Waals surface area contributed by atoms with Crippen LogP contribution in [-0.4, -0.2) is 46.2 Å². The van der Waals surface area contributed by atoms with Crippen molar-refractivity contribution in [2.45, 2.75) is 38.3 Å². The maximum absolute atomic E-state index is 13.2. The molecule has 0 bridgehead atoms. The fourth-order valence-corrected chi connectivity index (χ4v) is 3.53. The molecule has 0 saturated carbocycles. The number of aromatic nitrogens is 2. The molecule has 2 heterocycles. The lowest BCUT2D eigenvalue weighted by Crippen LogP contribution is -2.60. The van der Waals surface area contributed by atoms with E-state index in [1.807, 2.05) is 11.0 Å². The number of nitriles is 1. The topological polar surface area (TPSA) is 154 Å². The Kier molecular flexibility index (Phi) is 7.85. The van der Waals surface area contributed by atoms with E-state index in [9.17, 15) is 19.6 Å². The number of aliphatic hydroxyl groups excluding tert-OH is 1. The van der Waals surface area contributed by atoms with Gasteiger partial charge in [0.15, 0.2) is 5.82 Å². The molecule has 1 amide bonds. The van der Waals surface area contributed by atoms with E-state index in [4.69, 9.17) is 11.5 Å². The number of nitrogens with zero attached hydrogens (tertiary/aromatic N) is 4. The van der Waals surface area contributed by atoms with Gasteiger partial charge in [0, 0.05) is 19.7 Å². The molecule has 0 aliphatic carbocycles. The number of nitrogens with two attached hydrogens (primary N) is 2. The predicted molar refractivity (Wildman–Crippen MR) is 115 cm³/mol. The Morgan fingerprint density at radius 2 is 1.97 bits per heavy atom. The first-order valence-electron chi connectivity index (χ1n) is 9.59. The third-order valence-electron chi connectivity index (χ3n) is 5.37. The number of anilines is 2. The second-order valence-electron chi connectivity index (χ2n) is 7.30. The van der Waals surface area contributed by atoms with Crippen molar-refractivity contribution in [1.29, 1.82) is 5.26 Å². The summed E-state index contributed by atoms with van der Waals surface area (Å²) in [4.78, 5) is 22.8. The summed E-state index contributed by atoms with van der Waals surface area (Å²) in [5.74, 6) is -0.182. The molecule has 3 rings (SSSR count). The number of piperidine rings is 1. The van der Waals surface area contributed by atoms with E-state index in [1.54, 1.807) is 12.1 Å². The highest BCUT2D eigenvalue weighted by Crippen LogP contribution is 2.28. The van der Waals surface area contributed by atoms with Crippen LogP contribution in [-0.2, 0) is 4.79 Å². The summed E-state index contributed by atoms with van der Waals surface area (Å²) in [6, 6.07) is 7.30. The number of carbonyl (C=O) groups is 1. The van der Waals surface area contributed by atoms with Crippen LogP contribution in [0.5, 0.6) is 0 Å². The first-order valence-corrected chi connectivity index (χ1v) is 9.59. The van der Waals surface area contributed by atoms with Crippen molar-refractivity contribution in [2.75, 3.05) is 30.3 Å². The second-order valence-corrected chi connectivity index (χ2v) is 7.30. The highest BCUT2D eigenvalue weighted by molar-refractivity contribution is 5.87. The number of aliphatic hydroxyl groups is 1. The van der Waals surface area contributed by atoms with Crippen LogP contribution in [0.25, 0.3) is 0 Å². The van der Waals surface area contributed by atoms with E-state index in [-0.39, 0.29) is 43.6 Å². The lowest BCUT2D eigenvalue weighted by atomic mass is 9.86. The zero-order valence-corrected chi connectivity index (χ0v) is 16.4. The zero-order chi connectivity index (χ0) is 21.7. The number of halogens is 1. The quantitative estimate of drug-likeness (QED) is 0.535. The maximum Gasteiger partial charge on any atom is 0.240 e. The molecule has 1 fully saturated rings. The summed E-state index contributed by atoms with van der Waals surface area (Å²) in [7, 11) is 0. The standard InChI is InChI=1S/C20H24FN7O2.CH4/c21-14-3-1-13(2-4-14)16(5-10-29)27-19(30)20(24)6-8-28(9-7-20)18-15(11-22)17(23)25-12-26-18;/h1-4,12,16,29H,5-10,24H2,(H,27,30)(H2,23,25,26);1H4/t16-;/m0./s1. The predicted octanol–water partition coefficient (Wildman–Crippen LogP) is 1.24. The molecule has 31 heavy (non-hydrogen) atoms. The smallest absolute Gasteiger partial charge is 0.240 e. The average Bonchev–Trinajstić information content (AvgIpc) is 2.74. The van der Waals surface area contributed by atoms with Crippen LogP contribution in [0.4, 0.5) is 16.0 Å². The van der Waals surface area contributed by atoms with Gasteiger partial charge in [-0.1, -0.05) is 19.6 Å². The Balaban J connectivity index is 0.00000341. The second kappa shape index (κ2) is 10.1. The Morgan fingerprint density at radius 3 is 2.55 bits per heavy atom. The van der Waals surface area contributed by atoms with E-state index < -0.39 is 11.6 Å². The van der Waals surface area contributed by atoms with Gasteiger partial charge in [-0.3, -0.25) is 4.79 Å². The number of carbonyl (C=O) groups excluding carboxylic acids is 1. The van der Waals surface area contributed by atoms with Crippen LogP contribution in [0.15, 0.2) is 30.6 Å². The molecular formula is C21H28FN7O2. The van der Waals surface area contributed by atoms with E-state index in [0.717, 1.165) is 0 Å². The number of nitrogen functional groups attached to an aromatic ring is 1. The largest absolute Gasteiger partial charge is 0.396 e. The average molecular weight is 430 g/mol. The Labute approximate surface area is 180 Å². The molecular weight excluding hydrogens is 401 g/mol. The lowest BCUT2D eigenvalue weighted by molar-refractivity contribution is -0.128. The minimum atomic E-state index is -1.12. The molecule has 1 atom stereocenters. The number of rotatable bonds is 6. The van der Waals surface area contributed by atoms with Gasteiger partial charge >= 0.3 is 0 Å². The molecule has 9 nitrogen and oxygen atoms in total. The number of benzene rings is 1. The van der Waals surface area contributed by atoms with Gasteiger partial charge in [0.25, 0.3) is 0 Å². The van der Waals surface area contributed by atoms with Crippen molar-refractivity contribution < 1.29 is 14.3 Å². The molecule has 6 N–H and O–H groups in total. The number of amides is 1. The molecule has 1 aliphatic heterocycles. The van der Waals surface area contributed by atoms with Gasteiger partial charge in [-0.25, -0.2) is 14.4 Å². The maximum atomic E-state index is 13.2. The molecule has 0 unspecified atom stereocenters. The van der Waals surface area contributed by atoms with Crippen LogP contribution in [0, 0.1) is 17.1 Å². The van der Waals surface area contributed by atoms with Crippen molar-refractivity contribution in [3.05, 3.63) is 47.5 Å². The van der Waals surface area contributed by atoms with Crippen molar-refractivity contribution >= 4 is 17.5 Å². The van der Waals surface area contributed by atoms with Crippen molar-refractivity contribution in [2.24, 2.45) is 5.73 Å². The molecule has 1 aromatic carbocycles. The van der Waals surface area contributed by atoms with E-state index in [1.165, 1.54) is 18.5 Å². The highest BCUT2D eigenvalue weighted by atomic mass is 19.1. The van der Waals surface area contributed by atoms with Crippen LogP contribution in [0.1, 0.15) is 43.9 Å². The van der Waals surface area contributed by atoms with Crippen molar-refractivity contribution in [3.8, 4) is 6.07 Å². The summed E-state index contributed by atoms with van der Waals surface area (Å²) >= 11 is 0. The third-order valence-corrected chi connectivity index (χ3v) is 5.37. The van der Waals surface area contributed by atoms with Gasteiger partial charge in [0.2, 0.25) is 5.91 Å². The van der Waals surface area contributed by atoms with Crippen LogP contribution >= 0.6 is 0 Å². The summed E-state index contributed by atoms with van der Waals surface area (Å²) in [5.41, 5.74) is 11.9. The molecule has 2 aromatic rings. The fraction of sp³-hybridized carbons (Fsp3) is 0.429. The number of hydrogen-bond donors (Lipinski definition) is 4. The van der Waals surface area contributed by atoms with Gasteiger partial charge < -0.3 is 26.8 Å². The summed E-state index contributed by atoms with van der Waals surface area (Å²) in [6.45, 7) is 0.687. The number of nitrogens with one attached hydrogen (secondary N) is 1. The summed E-state index contributed by atoms with van der Waals surface area (Å²) in [6.07, 6.45) is 2.25. The normalized spacial score (nSPS) is 16.0. The molecule has 10 heteroatoms. The minimum absolute atomic E-state index is 0. The van der Waals surface area contributed by atoms with Gasteiger partial charge in [-0.05, 0) is 37.0 Å². The van der Waals surface area contributed by atoms with Gasteiger partial charge in [0.1, 0.15) is 29.6 Å². The summed E-state index contributed by atoms with van der Waals surface area (Å²) < 4.78 is 13.2. The lowest BCUT2D eigenvalue weighted by Gasteiger charge is -2.39. The Hall–Kier alpha value is -3.29. The monoisotopic (exact) mass is 429 g/mol. The van der Waals surface area contributed by atoms with Crippen molar-refractivity contribution in [1.82, 2.24) is 15.3 Å². The first-order chi connectivity index (χ1) is 14.4. The number of hydrogen-bond acceptors (Lipinski definition) is 8. The summed E-state index contributed by atoms with van der Waals surface area (Å²) in [5, 5.41) is 21.6. The first kappa shape index (κ1) is 24.0. The van der Waals surface area contributed by atoms with Crippen LogP contribution < -0.4 is 21.7 Å². The SMILES string of the molecule is C.N#Cc1c(N)ncnc1N1CCC(N)(C(=O)N[C@@H](CCO)c2ccc(F)cc2)CC1. The minimum Gasteiger partial charge on any atom is -0.396 e. The van der Waals surface area contributed by atoms with Gasteiger partial charge in [-0.15, -0.1) is 0 Å².